The molecule has 1 N–H and O–H groups in total. The Kier molecular flexibility index (Phi) is 7.39. The summed E-state index contributed by atoms with van der Waals surface area (Å²) < 4.78 is 20.2. The van der Waals surface area contributed by atoms with Crippen LogP contribution in [0.25, 0.3) is 0 Å². The number of amides is 4. The molecule has 6 unspecified atom stereocenters. The quantitative estimate of drug-likeness (QED) is 0.288. The molecule has 2 aromatic rings. The van der Waals surface area contributed by atoms with E-state index in [1.165, 1.54) is 24.1 Å². The van der Waals surface area contributed by atoms with Gasteiger partial charge in [-0.1, -0.05) is 58.4 Å². The molecule has 7 rings (SSSR count). The Bertz CT molecular complexity index is 1690. The van der Waals surface area contributed by atoms with E-state index >= 15 is 0 Å². The van der Waals surface area contributed by atoms with Crippen LogP contribution in [0.5, 0.6) is 11.5 Å². The molecule has 4 amide bonds. The second-order valence-corrected chi connectivity index (χ2v) is 14.5. The highest BCUT2D eigenvalue weighted by atomic mass is 79.9. The summed E-state index contributed by atoms with van der Waals surface area (Å²) in [6.45, 7) is 1.72. The maximum atomic E-state index is 14.6. The van der Waals surface area contributed by atoms with Gasteiger partial charge in [0, 0.05) is 22.0 Å². The second-order valence-electron chi connectivity index (χ2n) is 13.1. The Morgan fingerprint density at radius 1 is 1.02 bits per heavy atom. The monoisotopic (exact) mass is 698 g/mol. The molecule has 2 saturated carbocycles. The van der Waals surface area contributed by atoms with Gasteiger partial charge in [-0.05, 0) is 68.9 Å². The van der Waals surface area contributed by atoms with Gasteiger partial charge in [0.15, 0.2) is 11.5 Å². The van der Waals surface area contributed by atoms with Crippen molar-refractivity contribution in [1.29, 1.82) is 0 Å². The number of phenols is 1. The van der Waals surface area contributed by atoms with Crippen LogP contribution in [0, 0.1) is 34.9 Å². The number of hydrogen-bond acceptors (Lipinski definition) is 6. The lowest BCUT2D eigenvalue weighted by atomic mass is 9.51. The molecule has 6 atom stereocenters. The third-order valence-corrected chi connectivity index (χ3v) is 11.8. The van der Waals surface area contributed by atoms with Crippen molar-refractivity contribution in [1.82, 2.24) is 4.90 Å². The molecule has 0 radical (unpaired) electrons. The molecule has 0 spiro atoms. The summed E-state index contributed by atoms with van der Waals surface area (Å²) in [5, 5.41) is 11.3. The summed E-state index contributed by atoms with van der Waals surface area (Å²) in [5.41, 5.74) is -0.0980. The minimum Gasteiger partial charge on any atom is -0.504 e. The number of carbonyl (C=O) groups is 4. The predicted octanol–water partition coefficient (Wildman–Crippen LogP) is 6.52. The molecule has 0 bridgehead atoms. The van der Waals surface area contributed by atoms with Gasteiger partial charge in [0.1, 0.15) is 5.82 Å². The Morgan fingerprint density at radius 3 is 2.44 bits per heavy atom. The number of allylic oxidation sites excluding steroid dienone is 2. The fourth-order valence-electron chi connectivity index (χ4n) is 8.92. The van der Waals surface area contributed by atoms with Crippen molar-refractivity contribution in [2.75, 3.05) is 12.0 Å². The first-order valence-corrected chi connectivity index (χ1v) is 16.6. The molecule has 236 valence electrons. The van der Waals surface area contributed by atoms with Gasteiger partial charge in [-0.15, -0.1) is 0 Å². The van der Waals surface area contributed by atoms with E-state index in [9.17, 15) is 28.7 Å². The first-order chi connectivity index (χ1) is 21.5. The van der Waals surface area contributed by atoms with Crippen molar-refractivity contribution in [2.24, 2.45) is 29.1 Å². The van der Waals surface area contributed by atoms with Crippen molar-refractivity contribution < 1.29 is 33.4 Å². The van der Waals surface area contributed by atoms with E-state index < -0.39 is 52.6 Å². The van der Waals surface area contributed by atoms with Crippen LogP contribution in [-0.4, -0.2) is 46.8 Å². The van der Waals surface area contributed by atoms with E-state index in [1.807, 2.05) is 6.08 Å². The van der Waals surface area contributed by atoms with E-state index in [4.69, 9.17) is 16.3 Å². The first-order valence-electron chi connectivity index (χ1n) is 15.5. The fourth-order valence-corrected chi connectivity index (χ4v) is 9.55. The normalized spacial score (nSPS) is 31.6. The van der Waals surface area contributed by atoms with E-state index in [0.717, 1.165) is 48.6 Å². The summed E-state index contributed by atoms with van der Waals surface area (Å²) >= 11 is 9.59. The highest BCUT2D eigenvalue weighted by molar-refractivity contribution is 9.10. The lowest BCUT2D eigenvalue weighted by molar-refractivity contribution is -0.144. The minimum atomic E-state index is -1.38. The molecule has 0 aromatic heterocycles. The van der Waals surface area contributed by atoms with E-state index in [0.29, 0.717) is 16.5 Å². The van der Waals surface area contributed by atoms with Crippen molar-refractivity contribution in [2.45, 2.75) is 63.8 Å². The van der Waals surface area contributed by atoms with Gasteiger partial charge in [0.2, 0.25) is 23.6 Å². The summed E-state index contributed by atoms with van der Waals surface area (Å²) in [6, 6.07) is 6.91. The first kappa shape index (κ1) is 30.4. The van der Waals surface area contributed by atoms with Crippen LogP contribution >= 0.6 is 27.5 Å². The minimum absolute atomic E-state index is 0.121. The number of rotatable bonds is 4. The average Bonchev–Trinajstić information content (AvgIpc) is 3.39. The van der Waals surface area contributed by atoms with Gasteiger partial charge in [-0.25, -0.2) is 9.29 Å². The summed E-state index contributed by atoms with van der Waals surface area (Å²) in [4.78, 5) is 59.5. The van der Waals surface area contributed by atoms with E-state index in [2.05, 4.69) is 15.9 Å². The Hall–Kier alpha value is -3.24. The highest BCUT2D eigenvalue weighted by Gasteiger charge is 2.68. The van der Waals surface area contributed by atoms with Crippen molar-refractivity contribution in [3.05, 3.63) is 62.9 Å². The van der Waals surface area contributed by atoms with Gasteiger partial charge >= 0.3 is 0 Å². The van der Waals surface area contributed by atoms with Gasteiger partial charge in [0.05, 0.1) is 41.0 Å². The van der Waals surface area contributed by atoms with E-state index in [1.54, 1.807) is 19.1 Å². The van der Waals surface area contributed by atoms with Crippen LogP contribution in [-0.2, 0) is 19.2 Å². The lowest BCUT2D eigenvalue weighted by Crippen LogP contribution is -2.49. The molecule has 2 aliphatic heterocycles. The van der Waals surface area contributed by atoms with Crippen LogP contribution < -0.4 is 9.64 Å². The van der Waals surface area contributed by atoms with Crippen LogP contribution in [0.3, 0.4) is 0 Å². The summed E-state index contributed by atoms with van der Waals surface area (Å²) in [7, 11) is 1.43. The third kappa shape index (κ3) is 4.34. The second kappa shape index (κ2) is 10.9. The molecule has 2 saturated heterocycles. The number of likely N-dealkylation sites (tertiary alicyclic amines) is 1. The summed E-state index contributed by atoms with van der Waals surface area (Å²) in [5.74, 6) is -5.44. The van der Waals surface area contributed by atoms with Crippen molar-refractivity contribution >= 4 is 56.8 Å². The fraction of sp³-hybridized carbons (Fsp3) is 0.471. The average molecular weight is 700 g/mol. The molecule has 2 heterocycles. The van der Waals surface area contributed by atoms with Crippen molar-refractivity contribution in [3.8, 4) is 11.5 Å². The van der Waals surface area contributed by atoms with Gasteiger partial charge in [-0.2, -0.15) is 0 Å². The molecule has 3 aliphatic carbocycles. The van der Waals surface area contributed by atoms with Gasteiger partial charge < -0.3 is 9.84 Å². The number of ether oxygens (including phenoxy) is 1. The van der Waals surface area contributed by atoms with Crippen LogP contribution in [0.4, 0.5) is 10.1 Å². The zero-order valence-electron chi connectivity index (χ0n) is 24.9. The van der Waals surface area contributed by atoms with Gasteiger partial charge in [0.25, 0.3) is 0 Å². The number of fused-ring (bicyclic) bond motifs is 4. The molecule has 8 nitrogen and oxygen atoms in total. The third-order valence-electron chi connectivity index (χ3n) is 11.0. The van der Waals surface area contributed by atoms with Crippen LogP contribution in [0.15, 0.2) is 46.5 Å². The Morgan fingerprint density at radius 2 is 1.76 bits per heavy atom. The number of benzene rings is 2. The van der Waals surface area contributed by atoms with Gasteiger partial charge in [-0.3, -0.25) is 24.1 Å². The Balaban J connectivity index is 1.39. The molecule has 4 fully saturated rings. The van der Waals surface area contributed by atoms with Crippen LogP contribution in [0.2, 0.25) is 5.02 Å². The van der Waals surface area contributed by atoms with Crippen LogP contribution in [0.1, 0.15) is 63.4 Å². The maximum absolute atomic E-state index is 14.6. The standard InChI is InChI=1S/C34H33BrClFN2O6/c1-34-23(31(42)39(33(34)44)18-8-11-25(37)24(36)14-18)15-21-19(28(34)22-12-16(35)13-26(45-2)29(22)40)9-10-20-27(21)32(43)38(30(20)41)17-6-4-3-5-7-17/h8-9,11-14,17,20-21,23,27-28,40H,3-7,10,15H2,1-2H3. The number of halogens is 3. The molecule has 45 heavy (non-hydrogen) atoms. The summed E-state index contributed by atoms with van der Waals surface area (Å²) in [6.07, 6.45) is 7.06. The lowest BCUT2D eigenvalue weighted by Gasteiger charge is -2.49. The largest absolute Gasteiger partial charge is 0.504 e. The number of anilines is 1. The highest BCUT2D eigenvalue weighted by Crippen LogP contribution is 2.65. The molecule has 11 heteroatoms. The number of hydrogen-bond donors (Lipinski definition) is 1. The molecular weight excluding hydrogens is 667 g/mol. The SMILES string of the molecule is COc1cc(Br)cc(C2C3=CCC4C(=O)N(C5CCCCC5)C(=O)C4C3CC3C(=O)N(c4ccc(F)c(Cl)c4)C(=O)C32C)c1O. The zero-order valence-corrected chi connectivity index (χ0v) is 27.2. The predicted molar refractivity (Wildman–Crippen MR) is 167 cm³/mol. The number of imide groups is 2. The number of nitrogens with zero attached hydrogens (tertiary/aromatic N) is 2. The molecule has 2 aromatic carbocycles. The smallest absolute Gasteiger partial charge is 0.241 e. The topological polar surface area (TPSA) is 104 Å². The maximum Gasteiger partial charge on any atom is 0.241 e. The number of aromatic hydroxyl groups is 1. The number of carbonyl (C=O) groups excluding carboxylic acids is 4. The van der Waals surface area contributed by atoms with E-state index in [-0.39, 0.29) is 46.5 Å². The molecule has 5 aliphatic rings. The number of phenolic OH excluding ortho intramolecular Hbond substituents is 1. The Labute approximate surface area is 273 Å². The zero-order chi connectivity index (χ0) is 31.9. The van der Waals surface area contributed by atoms with Crippen molar-refractivity contribution in [3.63, 3.8) is 0 Å². The number of methoxy groups -OCH3 is 1. The molecular formula is C34H33BrClFN2O6.